The van der Waals surface area contributed by atoms with Crippen molar-refractivity contribution in [1.82, 2.24) is 0 Å². The number of benzene rings is 2. The van der Waals surface area contributed by atoms with Crippen LogP contribution in [0.25, 0.3) is 0 Å². The first kappa shape index (κ1) is 13.4. The quantitative estimate of drug-likeness (QED) is 0.467. The van der Waals surface area contributed by atoms with Crippen LogP contribution in [0.4, 0.5) is 5.69 Å². The van der Waals surface area contributed by atoms with E-state index in [1.807, 2.05) is 37.3 Å². The molecule has 0 atom stereocenters. The summed E-state index contributed by atoms with van der Waals surface area (Å²) in [4.78, 5) is 10.4. The summed E-state index contributed by atoms with van der Waals surface area (Å²) in [5, 5.41) is 10.9. The third kappa shape index (κ3) is 3.72. The van der Waals surface area contributed by atoms with Crippen LogP contribution in [0.1, 0.15) is 11.1 Å². The third-order valence-electron chi connectivity index (χ3n) is 2.53. The maximum atomic E-state index is 10.9. The molecule has 0 saturated heterocycles. The topological polar surface area (TPSA) is 52.4 Å². The van der Waals surface area contributed by atoms with Gasteiger partial charge >= 0.3 is 5.69 Å². The summed E-state index contributed by atoms with van der Waals surface area (Å²) < 4.78 is 5.46. The van der Waals surface area contributed by atoms with Crippen LogP contribution < -0.4 is 4.18 Å². The lowest BCUT2D eigenvalue weighted by atomic mass is 10.2. The van der Waals surface area contributed by atoms with Gasteiger partial charge in [0.1, 0.15) is 0 Å². The number of hydrogen-bond donors (Lipinski definition) is 0. The molecule has 0 heterocycles. The molecule has 0 amide bonds. The van der Waals surface area contributed by atoms with Crippen molar-refractivity contribution in [2.45, 2.75) is 12.7 Å². The van der Waals surface area contributed by atoms with Crippen molar-refractivity contribution in [1.29, 1.82) is 0 Å². The molecule has 0 saturated carbocycles. The van der Waals surface area contributed by atoms with Gasteiger partial charge in [-0.25, -0.2) is 0 Å². The van der Waals surface area contributed by atoms with Crippen molar-refractivity contribution in [2.24, 2.45) is 0 Å². The average Bonchev–Trinajstić information content (AvgIpc) is 2.39. The highest BCUT2D eigenvalue weighted by molar-refractivity contribution is 7.94. The number of rotatable bonds is 5. The molecular weight excluding hydrogens is 262 g/mol. The van der Waals surface area contributed by atoms with Crippen molar-refractivity contribution in [3.8, 4) is 5.75 Å². The fourth-order valence-electron chi connectivity index (χ4n) is 1.57. The molecule has 0 aliphatic carbocycles. The fourth-order valence-corrected chi connectivity index (χ4v) is 2.22. The molecule has 2 aromatic carbocycles. The number of aryl methyl sites for hydroxylation is 1. The summed E-state index contributed by atoms with van der Waals surface area (Å²) in [7, 11) is 0. The number of hydrogen-bond acceptors (Lipinski definition) is 4. The molecule has 2 aromatic rings. The summed E-state index contributed by atoms with van der Waals surface area (Å²) >= 11 is 1.20. The van der Waals surface area contributed by atoms with Gasteiger partial charge in [0.15, 0.2) is 0 Å². The second kappa shape index (κ2) is 6.24. The lowest BCUT2D eigenvalue weighted by Crippen LogP contribution is -1.93. The van der Waals surface area contributed by atoms with E-state index in [4.69, 9.17) is 4.18 Å². The molecule has 19 heavy (non-hydrogen) atoms. The van der Waals surface area contributed by atoms with Gasteiger partial charge in [0, 0.05) is 6.07 Å². The molecule has 0 spiro atoms. The van der Waals surface area contributed by atoms with E-state index in [1.54, 1.807) is 12.1 Å². The van der Waals surface area contributed by atoms with Gasteiger partial charge in [-0.15, -0.1) is 0 Å². The molecule has 0 unspecified atom stereocenters. The van der Waals surface area contributed by atoms with Crippen molar-refractivity contribution < 1.29 is 9.11 Å². The molecule has 0 aromatic heterocycles. The van der Waals surface area contributed by atoms with E-state index < -0.39 is 4.92 Å². The highest BCUT2D eigenvalue weighted by atomic mass is 32.2. The molecule has 2 rings (SSSR count). The highest BCUT2D eigenvalue weighted by Crippen LogP contribution is 2.31. The number of nitrogens with zero attached hydrogens (tertiary/aromatic N) is 1. The van der Waals surface area contributed by atoms with Gasteiger partial charge in [-0.3, -0.25) is 10.1 Å². The van der Waals surface area contributed by atoms with Gasteiger partial charge in [-0.05, 0) is 24.1 Å². The van der Waals surface area contributed by atoms with Crippen LogP contribution in [-0.2, 0) is 5.75 Å². The van der Waals surface area contributed by atoms with Gasteiger partial charge in [0.05, 0.1) is 22.7 Å². The van der Waals surface area contributed by atoms with Crippen LogP contribution in [0.5, 0.6) is 5.75 Å². The zero-order chi connectivity index (χ0) is 13.7. The van der Waals surface area contributed by atoms with E-state index in [0.29, 0.717) is 11.5 Å². The Morgan fingerprint density at radius 3 is 2.63 bits per heavy atom. The number of nitro benzene ring substituents is 1. The SMILES string of the molecule is Cc1ccc([N+](=O)[O-])c(OSCc2ccccc2)c1. The predicted octanol–water partition coefficient (Wildman–Crippen LogP) is 4.13. The third-order valence-corrected chi connectivity index (χ3v) is 3.28. The Bertz CT molecular complexity index is 572. The zero-order valence-corrected chi connectivity index (χ0v) is 11.2. The summed E-state index contributed by atoms with van der Waals surface area (Å²) in [5.74, 6) is 0.942. The van der Waals surface area contributed by atoms with Crippen LogP contribution in [0.2, 0.25) is 0 Å². The van der Waals surface area contributed by atoms with Gasteiger partial charge in [0.25, 0.3) is 0 Å². The fraction of sp³-hybridized carbons (Fsp3) is 0.143. The lowest BCUT2D eigenvalue weighted by molar-refractivity contribution is -0.385. The van der Waals surface area contributed by atoms with Gasteiger partial charge in [-0.2, -0.15) is 0 Å². The Hall–Kier alpha value is -2.01. The molecule has 0 bridgehead atoms. The minimum Gasteiger partial charge on any atom is -0.418 e. The standard InChI is InChI=1S/C14H13NO3S/c1-11-7-8-13(15(16)17)14(9-11)18-19-10-12-5-3-2-4-6-12/h2-9H,10H2,1H3. The van der Waals surface area contributed by atoms with Gasteiger partial charge in [0.2, 0.25) is 5.75 Å². The molecule has 0 aliphatic heterocycles. The van der Waals surface area contributed by atoms with E-state index in [9.17, 15) is 10.1 Å². The second-order valence-corrected chi connectivity index (χ2v) is 4.75. The molecular formula is C14H13NO3S. The van der Waals surface area contributed by atoms with Crippen LogP contribution in [0.15, 0.2) is 48.5 Å². The van der Waals surface area contributed by atoms with Crippen LogP contribution in [-0.4, -0.2) is 4.92 Å². The summed E-state index contributed by atoms with van der Waals surface area (Å²) in [6, 6.07) is 14.7. The Morgan fingerprint density at radius 1 is 1.21 bits per heavy atom. The first-order valence-electron chi connectivity index (χ1n) is 5.75. The van der Waals surface area contributed by atoms with Gasteiger partial charge < -0.3 is 4.18 Å². The van der Waals surface area contributed by atoms with Gasteiger partial charge in [-0.1, -0.05) is 36.4 Å². The lowest BCUT2D eigenvalue weighted by Gasteiger charge is -2.05. The Kier molecular flexibility index (Phi) is 4.41. The predicted molar refractivity (Wildman–Crippen MR) is 76.2 cm³/mol. The Balaban J connectivity index is 2.03. The molecule has 0 N–H and O–H groups in total. The van der Waals surface area contributed by atoms with Crippen LogP contribution >= 0.6 is 12.0 Å². The molecule has 0 fully saturated rings. The summed E-state index contributed by atoms with van der Waals surface area (Å²) in [5.41, 5.74) is 2.04. The largest absolute Gasteiger partial charge is 0.418 e. The van der Waals surface area contributed by atoms with E-state index in [1.165, 1.54) is 18.1 Å². The van der Waals surface area contributed by atoms with Crippen molar-refractivity contribution in [3.63, 3.8) is 0 Å². The molecule has 98 valence electrons. The Morgan fingerprint density at radius 2 is 1.95 bits per heavy atom. The van der Waals surface area contributed by atoms with E-state index >= 15 is 0 Å². The van der Waals surface area contributed by atoms with E-state index in [2.05, 4.69) is 0 Å². The normalized spacial score (nSPS) is 10.2. The first-order valence-corrected chi connectivity index (χ1v) is 6.66. The highest BCUT2D eigenvalue weighted by Gasteiger charge is 2.15. The smallest absolute Gasteiger partial charge is 0.312 e. The van der Waals surface area contributed by atoms with E-state index in [-0.39, 0.29) is 5.69 Å². The zero-order valence-electron chi connectivity index (χ0n) is 10.4. The van der Waals surface area contributed by atoms with E-state index in [0.717, 1.165) is 11.1 Å². The maximum absolute atomic E-state index is 10.9. The van der Waals surface area contributed by atoms with Crippen molar-refractivity contribution >= 4 is 17.7 Å². The van der Waals surface area contributed by atoms with Crippen molar-refractivity contribution in [3.05, 3.63) is 69.8 Å². The maximum Gasteiger partial charge on any atom is 0.312 e. The molecule has 0 radical (unpaired) electrons. The average molecular weight is 275 g/mol. The Labute approximate surface area is 115 Å². The van der Waals surface area contributed by atoms with Crippen LogP contribution in [0, 0.1) is 17.0 Å². The monoisotopic (exact) mass is 275 g/mol. The second-order valence-electron chi connectivity index (χ2n) is 4.06. The molecule has 4 nitrogen and oxygen atoms in total. The summed E-state index contributed by atoms with van der Waals surface area (Å²) in [6.07, 6.45) is 0. The first-order chi connectivity index (χ1) is 9.16. The summed E-state index contributed by atoms with van der Waals surface area (Å²) in [6.45, 7) is 1.87. The number of nitro groups is 1. The molecule has 5 heteroatoms. The molecule has 0 aliphatic rings. The van der Waals surface area contributed by atoms with Crippen molar-refractivity contribution in [2.75, 3.05) is 0 Å². The minimum absolute atomic E-state index is 0.00818. The minimum atomic E-state index is -0.433. The van der Waals surface area contributed by atoms with Crippen LogP contribution in [0.3, 0.4) is 0 Å².